The second-order valence-electron chi connectivity index (χ2n) is 14.1. The number of aliphatic hydroxyl groups is 2. The van der Waals surface area contributed by atoms with Gasteiger partial charge >= 0.3 is 0 Å². The fourth-order valence-electron chi connectivity index (χ4n) is 6.34. The summed E-state index contributed by atoms with van der Waals surface area (Å²) in [6.45, 7) is 4.49. The van der Waals surface area contributed by atoms with Crippen molar-refractivity contribution >= 4 is 16.0 Å². The number of rotatable bonds is 36. The molecule has 0 aromatic carbocycles. The Morgan fingerprint density at radius 3 is 1.09 bits per heavy atom. The molecule has 0 saturated heterocycles. The van der Waals surface area contributed by atoms with E-state index in [1.165, 1.54) is 135 Å². The molecule has 7 nitrogen and oxygen atoms in total. The van der Waals surface area contributed by atoms with Gasteiger partial charge in [-0.2, -0.15) is 8.42 Å². The normalized spacial score (nSPS) is 13.9. The van der Waals surface area contributed by atoms with Crippen LogP contribution in [0.1, 0.15) is 213 Å². The first kappa shape index (κ1) is 45.3. The van der Waals surface area contributed by atoms with Crippen LogP contribution in [0, 0.1) is 0 Å². The Labute approximate surface area is 285 Å². The highest BCUT2D eigenvalue weighted by atomic mass is 32.2. The standard InChI is InChI=1S/C38H77NO6S/c1-3-5-7-9-11-13-15-16-17-18-19-20-21-22-23-25-26-28-30-32-36(40)35(34-46(43,44)45)39-38(42)37(41)33-31-29-27-24-14-12-10-8-6-4-2/h35-37,40-41H,3-34H2,1-2H3,(H,39,42)(H,43,44,45). The molecule has 8 heteroatoms. The van der Waals surface area contributed by atoms with Crippen molar-refractivity contribution in [1.29, 1.82) is 0 Å². The summed E-state index contributed by atoms with van der Waals surface area (Å²) in [5, 5.41) is 23.4. The van der Waals surface area contributed by atoms with Gasteiger partial charge in [0.15, 0.2) is 0 Å². The summed E-state index contributed by atoms with van der Waals surface area (Å²) in [6, 6.07) is -1.14. The van der Waals surface area contributed by atoms with E-state index in [1.54, 1.807) is 0 Å². The number of nitrogens with one attached hydrogen (secondary N) is 1. The van der Waals surface area contributed by atoms with Gasteiger partial charge in [0.05, 0.1) is 17.9 Å². The highest BCUT2D eigenvalue weighted by Crippen LogP contribution is 2.17. The zero-order valence-electron chi connectivity index (χ0n) is 30.3. The maximum Gasteiger partial charge on any atom is 0.266 e. The van der Waals surface area contributed by atoms with E-state index in [2.05, 4.69) is 19.2 Å². The molecule has 4 N–H and O–H groups in total. The average Bonchev–Trinajstić information content (AvgIpc) is 3.01. The van der Waals surface area contributed by atoms with Gasteiger partial charge in [-0.3, -0.25) is 9.35 Å². The molecule has 0 aliphatic carbocycles. The molecule has 0 heterocycles. The number of amides is 1. The van der Waals surface area contributed by atoms with Gasteiger partial charge < -0.3 is 15.5 Å². The molecule has 0 aromatic heterocycles. The molecule has 0 bridgehead atoms. The van der Waals surface area contributed by atoms with Crippen LogP contribution < -0.4 is 5.32 Å². The highest BCUT2D eigenvalue weighted by molar-refractivity contribution is 7.85. The lowest BCUT2D eigenvalue weighted by atomic mass is 10.0. The molecule has 3 unspecified atom stereocenters. The van der Waals surface area contributed by atoms with Gasteiger partial charge in [0.25, 0.3) is 10.1 Å². The van der Waals surface area contributed by atoms with Gasteiger partial charge in [-0.1, -0.05) is 200 Å². The number of aliphatic hydroxyl groups excluding tert-OH is 2. The molecule has 276 valence electrons. The van der Waals surface area contributed by atoms with Crippen molar-refractivity contribution in [1.82, 2.24) is 5.32 Å². The third kappa shape index (κ3) is 31.9. The Kier molecular flexibility index (Phi) is 32.3. The van der Waals surface area contributed by atoms with Gasteiger partial charge in [-0.05, 0) is 12.8 Å². The quantitative estimate of drug-likeness (QED) is 0.0387. The maximum atomic E-state index is 12.5. The number of unbranched alkanes of at least 4 members (excludes halogenated alkanes) is 27. The SMILES string of the molecule is CCCCCCCCCCCCCCCCCCCCCC(O)C(CS(=O)(=O)O)NC(=O)C(O)CCCCCCCCCCCC. The lowest BCUT2D eigenvalue weighted by molar-refractivity contribution is -0.131. The van der Waals surface area contributed by atoms with E-state index in [1.807, 2.05) is 0 Å². The fourth-order valence-corrected chi connectivity index (χ4v) is 7.10. The summed E-state index contributed by atoms with van der Waals surface area (Å²) in [7, 11) is -4.40. The van der Waals surface area contributed by atoms with Gasteiger partial charge in [-0.25, -0.2) is 0 Å². The van der Waals surface area contributed by atoms with Crippen LogP contribution in [0.15, 0.2) is 0 Å². The minimum atomic E-state index is -4.40. The predicted octanol–water partition coefficient (Wildman–Crippen LogP) is 10.2. The topological polar surface area (TPSA) is 124 Å². The van der Waals surface area contributed by atoms with Crippen molar-refractivity contribution in [3.63, 3.8) is 0 Å². The molecule has 0 spiro atoms. The molecule has 46 heavy (non-hydrogen) atoms. The Balaban J connectivity index is 3.93. The third-order valence-electron chi connectivity index (χ3n) is 9.42. The summed E-state index contributed by atoms with van der Waals surface area (Å²) in [6.07, 6.45) is 34.1. The molecule has 3 atom stereocenters. The first-order valence-corrected chi connectivity index (χ1v) is 21.4. The highest BCUT2D eigenvalue weighted by Gasteiger charge is 2.28. The predicted molar refractivity (Wildman–Crippen MR) is 195 cm³/mol. The van der Waals surface area contributed by atoms with E-state index < -0.39 is 40.0 Å². The molecule has 0 fully saturated rings. The summed E-state index contributed by atoms with van der Waals surface area (Å²) in [4.78, 5) is 12.5. The molecule has 0 radical (unpaired) electrons. The molecular formula is C38H77NO6S. The molecule has 0 aliphatic rings. The minimum absolute atomic E-state index is 0.302. The van der Waals surface area contributed by atoms with E-state index in [4.69, 9.17) is 0 Å². The Morgan fingerprint density at radius 1 is 0.500 bits per heavy atom. The smallest absolute Gasteiger partial charge is 0.266 e. The van der Waals surface area contributed by atoms with E-state index in [0.717, 1.165) is 51.4 Å². The van der Waals surface area contributed by atoms with Crippen LogP contribution in [0.2, 0.25) is 0 Å². The van der Waals surface area contributed by atoms with E-state index >= 15 is 0 Å². The first-order valence-electron chi connectivity index (χ1n) is 19.8. The van der Waals surface area contributed by atoms with E-state index in [9.17, 15) is 28.0 Å². The molecule has 1 amide bonds. The molecule has 0 saturated carbocycles. The van der Waals surface area contributed by atoms with Crippen LogP contribution >= 0.6 is 0 Å². The molecular weight excluding hydrogens is 598 g/mol. The Morgan fingerprint density at radius 2 is 0.783 bits per heavy atom. The van der Waals surface area contributed by atoms with Crippen molar-refractivity contribution in [3.05, 3.63) is 0 Å². The zero-order chi connectivity index (χ0) is 34.1. The maximum absolute atomic E-state index is 12.5. The lowest BCUT2D eigenvalue weighted by Crippen LogP contribution is -2.50. The fraction of sp³-hybridized carbons (Fsp3) is 0.974. The van der Waals surface area contributed by atoms with Crippen molar-refractivity contribution in [2.24, 2.45) is 0 Å². The van der Waals surface area contributed by atoms with Crippen LogP contribution in [0.3, 0.4) is 0 Å². The van der Waals surface area contributed by atoms with Gasteiger partial charge in [0, 0.05) is 0 Å². The zero-order valence-corrected chi connectivity index (χ0v) is 31.2. The van der Waals surface area contributed by atoms with Gasteiger partial charge in [0.1, 0.15) is 6.10 Å². The molecule has 0 aliphatic heterocycles. The third-order valence-corrected chi connectivity index (χ3v) is 10.2. The van der Waals surface area contributed by atoms with Crippen LogP contribution in [-0.2, 0) is 14.9 Å². The Hall–Kier alpha value is -0.700. The van der Waals surface area contributed by atoms with Crippen molar-refractivity contribution < 1.29 is 28.0 Å². The number of hydrogen-bond acceptors (Lipinski definition) is 5. The van der Waals surface area contributed by atoms with E-state index in [-0.39, 0.29) is 0 Å². The summed E-state index contributed by atoms with van der Waals surface area (Å²) < 4.78 is 32.5. The lowest BCUT2D eigenvalue weighted by Gasteiger charge is -2.24. The first-order chi connectivity index (χ1) is 22.2. The molecule has 0 aromatic rings. The number of carbonyl (C=O) groups excluding carboxylic acids is 1. The van der Waals surface area contributed by atoms with Gasteiger partial charge in [-0.15, -0.1) is 0 Å². The van der Waals surface area contributed by atoms with E-state index in [0.29, 0.717) is 12.8 Å². The summed E-state index contributed by atoms with van der Waals surface area (Å²) in [5.41, 5.74) is 0. The van der Waals surface area contributed by atoms with Gasteiger partial charge in [0.2, 0.25) is 5.91 Å². The minimum Gasteiger partial charge on any atom is -0.391 e. The largest absolute Gasteiger partial charge is 0.391 e. The van der Waals surface area contributed by atoms with Crippen LogP contribution in [-0.4, -0.2) is 53.1 Å². The monoisotopic (exact) mass is 676 g/mol. The molecule has 0 rings (SSSR count). The van der Waals surface area contributed by atoms with Crippen LogP contribution in [0.5, 0.6) is 0 Å². The van der Waals surface area contributed by atoms with Crippen molar-refractivity contribution in [2.45, 2.75) is 231 Å². The second-order valence-corrected chi connectivity index (χ2v) is 15.6. The number of hydrogen-bond donors (Lipinski definition) is 4. The van der Waals surface area contributed by atoms with Crippen LogP contribution in [0.4, 0.5) is 0 Å². The summed E-state index contributed by atoms with van der Waals surface area (Å²) >= 11 is 0. The van der Waals surface area contributed by atoms with Crippen molar-refractivity contribution in [2.75, 3.05) is 5.75 Å². The second kappa shape index (κ2) is 32.8. The average molecular weight is 676 g/mol. The number of carbonyl (C=O) groups is 1. The Bertz CT molecular complexity index is 762. The van der Waals surface area contributed by atoms with Crippen molar-refractivity contribution in [3.8, 4) is 0 Å². The van der Waals surface area contributed by atoms with Crippen LogP contribution in [0.25, 0.3) is 0 Å². The summed E-state index contributed by atoms with van der Waals surface area (Å²) in [5.74, 6) is -1.44.